The smallest absolute Gasteiger partial charge is 0.227 e. The van der Waals surface area contributed by atoms with Crippen molar-refractivity contribution in [3.63, 3.8) is 0 Å². The number of imidazole rings is 1. The number of hydrogen-bond acceptors (Lipinski definition) is 7. The van der Waals surface area contributed by atoms with Crippen molar-refractivity contribution in [1.29, 1.82) is 5.26 Å². The minimum Gasteiger partial charge on any atom is -0.399 e. The normalized spacial score (nSPS) is 10.8. The Kier molecular flexibility index (Phi) is 4.52. The fourth-order valence-electron chi connectivity index (χ4n) is 2.96. The van der Waals surface area contributed by atoms with E-state index in [1.165, 1.54) is 6.07 Å². The molecular weight excluding hydrogens is 371 g/mol. The Bertz CT molecular complexity index is 1260. The maximum absolute atomic E-state index is 14.3. The van der Waals surface area contributed by atoms with Gasteiger partial charge in [-0.1, -0.05) is 6.07 Å². The number of hydrogen-bond donors (Lipinski definition) is 1. The second kappa shape index (κ2) is 7.16. The standard InChI is InChI=1S/C20H17FN8/c1-28(2)20-26-17(12-5-6-24-15(7-12)9-22)18-19(27-20)29(11-25-18)10-13-3-4-14(23)8-16(13)21/h3-8,11H,10,23H2,1-2H3. The van der Waals surface area contributed by atoms with Crippen molar-refractivity contribution in [1.82, 2.24) is 24.5 Å². The van der Waals surface area contributed by atoms with Crippen LogP contribution in [-0.4, -0.2) is 38.6 Å². The first-order chi connectivity index (χ1) is 14.0. The molecule has 0 aliphatic heterocycles. The van der Waals surface area contributed by atoms with Crippen molar-refractivity contribution >= 4 is 22.8 Å². The molecule has 144 valence electrons. The Morgan fingerprint density at radius 1 is 1.17 bits per heavy atom. The lowest BCUT2D eigenvalue weighted by atomic mass is 10.1. The van der Waals surface area contributed by atoms with Crippen LogP contribution in [0.4, 0.5) is 16.0 Å². The number of fused-ring (bicyclic) bond motifs is 1. The Labute approximate surface area is 166 Å². The van der Waals surface area contributed by atoms with Gasteiger partial charge in [-0.2, -0.15) is 10.2 Å². The summed E-state index contributed by atoms with van der Waals surface area (Å²) in [5.41, 5.74) is 9.16. The molecule has 0 saturated carbocycles. The van der Waals surface area contributed by atoms with Crippen molar-refractivity contribution in [2.75, 3.05) is 24.7 Å². The maximum atomic E-state index is 14.3. The third-order valence-corrected chi connectivity index (χ3v) is 4.42. The zero-order valence-corrected chi connectivity index (χ0v) is 15.8. The average Bonchev–Trinajstić information content (AvgIpc) is 3.12. The molecule has 2 N–H and O–H groups in total. The van der Waals surface area contributed by atoms with Gasteiger partial charge in [0, 0.05) is 37.1 Å². The second-order valence-electron chi connectivity index (χ2n) is 6.70. The molecule has 0 bridgehead atoms. The number of rotatable bonds is 4. The summed E-state index contributed by atoms with van der Waals surface area (Å²) in [5, 5.41) is 9.16. The van der Waals surface area contributed by atoms with Crippen molar-refractivity contribution in [3.8, 4) is 17.3 Å². The van der Waals surface area contributed by atoms with Gasteiger partial charge in [0.05, 0.1) is 12.9 Å². The van der Waals surface area contributed by atoms with E-state index < -0.39 is 0 Å². The van der Waals surface area contributed by atoms with E-state index in [1.54, 1.807) is 46.3 Å². The zero-order chi connectivity index (χ0) is 20.5. The average molecular weight is 388 g/mol. The van der Waals surface area contributed by atoms with Gasteiger partial charge >= 0.3 is 0 Å². The maximum Gasteiger partial charge on any atom is 0.227 e. The minimum absolute atomic E-state index is 0.242. The van der Waals surface area contributed by atoms with Gasteiger partial charge in [0.25, 0.3) is 0 Å². The third-order valence-electron chi connectivity index (χ3n) is 4.42. The fourth-order valence-corrected chi connectivity index (χ4v) is 2.96. The van der Waals surface area contributed by atoms with E-state index in [2.05, 4.69) is 19.9 Å². The fraction of sp³-hybridized carbons (Fsp3) is 0.150. The van der Waals surface area contributed by atoms with Crippen LogP contribution in [0.5, 0.6) is 0 Å². The van der Waals surface area contributed by atoms with E-state index in [4.69, 9.17) is 11.0 Å². The van der Waals surface area contributed by atoms with E-state index in [-0.39, 0.29) is 18.1 Å². The van der Waals surface area contributed by atoms with Crippen LogP contribution < -0.4 is 10.6 Å². The van der Waals surface area contributed by atoms with Gasteiger partial charge in [0.15, 0.2) is 5.65 Å². The van der Waals surface area contributed by atoms with Gasteiger partial charge in [0.1, 0.15) is 28.8 Å². The first-order valence-electron chi connectivity index (χ1n) is 8.77. The highest BCUT2D eigenvalue weighted by Crippen LogP contribution is 2.28. The van der Waals surface area contributed by atoms with Gasteiger partial charge in [0.2, 0.25) is 5.95 Å². The molecule has 0 unspecified atom stereocenters. The van der Waals surface area contributed by atoms with Gasteiger partial charge in [-0.25, -0.2) is 19.3 Å². The predicted octanol–water partition coefficient (Wildman–Crippen LogP) is 2.60. The summed E-state index contributed by atoms with van der Waals surface area (Å²) >= 11 is 0. The number of benzene rings is 1. The van der Waals surface area contributed by atoms with E-state index in [9.17, 15) is 4.39 Å². The van der Waals surface area contributed by atoms with E-state index in [1.807, 2.05) is 20.2 Å². The summed E-state index contributed by atoms with van der Waals surface area (Å²) in [6.07, 6.45) is 3.16. The van der Waals surface area contributed by atoms with Crippen molar-refractivity contribution in [2.24, 2.45) is 0 Å². The van der Waals surface area contributed by atoms with Gasteiger partial charge in [-0.3, -0.25) is 0 Å². The summed E-state index contributed by atoms with van der Waals surface area (Å²) in [4.78, 5) is 19.4. The van der Waals surface area contributed by atoms with E-state index in [0.29, 0.717) is 39.6 Å². The van der Waals surface area contributed by atoms with Crippen LogP contribution in [0, 0.1) is 17.1 Å². The monoisotopic (exact) mass is 388 g/mol. The van der Waals surface area contributed by atoms with Crippen LogP contribution >= 0.6 is 0 Å². The molecule has 4 aromatic rings. The molecule has 8 nitrogen and oxygen atoms in total. The molecule has 0 aliphatic rings. The molecule has 3 heterocycles. The van der Waals surface area contributed by atoms with Crippen molar-refractivity contribution in [2.45, 2.75) is 6.54 Å². The molecule has 0 aliphatic carbocycles. The van der Waals surface area contributed by atoms with Gasteiger partial charge in [-0.05, 0) is 24.3 Å². The zero-order valence-electron chi connectivity index (χ0n) is 15.8. The van der Waals surface area contributed by atoms with Crippen LogP contribution in [-0.2, 0) is 6.54 Å². The first-order valence-corrected chi connectivity index (χ1v) is 8.77. The lowest BCUT2D eigenvalue weighted by Crippen LogP contribution is -2.14. The lowest BCUT2D eigenvalue weighted by molar-refractivity contribution is 0.601. The molecule has 0 fully saturated rings. The number of nitriles is 1. The molecule has 29 heavy (non-hydrogen) atoms. The molecular formula is C20H17FN8. The minimum atomic E-state index is -0.387. The third kappa shape index (κ3) is 3.43. The quantitative estimate of drug-likeness (QED) is 0.535. The predicted molar refractivity (Wildman–Crippen MR) is 108 cm³/mol. The van der Waals surface area contributed by atoms with E-state index >= 15 is 0 Å². The summed E-state index contributed by atoms with van der Waals surface area (Å²) in [6.45, 7) is 0.242. The molecule has 0 atom stereocenters. The number of halogens is 1. The molecule has 0 amide bonds. The van der Waals surface area contributed by atoms with Crippen molar-refractivity contribution in [3.05, 3.63) is 59.9 Å². The van der Waals surface area contributed by atoms with Crippen LogP contribution in [0.3, 0.4) is 0 Å². The molecule has 3 aromatic heterocycles. The Balaban J connectivity index is 1.88. The molecule has 1 aromatic carbocycles. The largest absolute Gasteiger partial charge is 0.399 e. The highest BCUT2D eigenvalue weighted by molar-refractivity contribution is 5.88. The topological polar surface area (TPSA) is 110 Å². The Morgan fingerprint density at radius 2 is 2.00 bits per heavy atom. The molecule has 4 rings (SSSR count). The van der Waals surface area contributed by atoms with Gasteiger partial charge in [-0.15, -0.1) is 0 Å². The van der Waals surface area contributed by atoms with Crippen LogP contribution in [0.1, 0.15) is 11.3 Å². The number of nitrogens with two attached hydrogens (primary N) is 1. The SMILES string of the molecule is CN(C)c1nc(-c2ccnc(C#N)c2)c2ncn(Cc3ccc(N)cc3F)c2n1. The molecule has 0 saturated heterocycles. The number of anilines is 2. The first kappa shape index (κ1) is 18.3. The van der Waals surface area contributed by atoms with Crippen LogP contribution in [0.15, 0.2) is 42.9 Å². The van der Waals surface area contributed by atoms with Crippen LogP contribution in [0.25, 0.3) is 22.4 Å². The lowest BCUT2D eigenvalue weighted by Gasteiger charge is -2.13. The summed E-state index contributed by atoms with van der Waals surface area (Å²) in [6, 6.07) is 10.0. The van der Waals surface area contributed by atoms with E-state index in [0.717, 1.165) is 0 Å². The molecule has 0 radical (unpaired) electrons. The number of nitrogens with zero attached hydrogens (tertiary/aromatic N) is 7. The second-order valence-corrected chi connectivity index (χ2v) is 6.70. The highest BCUT2D eigenvalue weighted by Gasteiger charge is 2.17. The number of nitrogen functional groups attached to an aromatic ring is 1. The van der Waals surface area contributed by atoms with Crippen molar-refractivity contribution < 1.29 is 4.39 Å². The number of aromatic nitrogens is 5. The molecule has 9 heteroatoms. The summed E-state index contributed by atoms with van der Waals surface area (Å²) < 4.78 is 16.0. The van der Waals surface area contributed by atoms with Gasteiger partial charge < -0.3 is 15.2 Å². The van der Waals surface area contributed by atoms with Crippen LogP contribution in [0.2, 0.25) is 0 Å². The number of pyridine rings is 1. The Hall–Kier alpha value is -4.06. The summed E-state index contributed by atoms with van der Waals surface area (Å²) in [5.74, 6) is 0.0871. The highest BCUT2D eigenvalue weighted by atomic mass is 19.1. The summed E-state index contributed by atoms with van der Waals surface area (Å²) in [7, 11) is 3.66. The molecule has 0 spiro atoms. The Morgan fingerprint density at radius 3 is 2.72 bits per heavy atom.